The van der Waals surface area contributed by atoms with E-state index in [1.807, 2.05) is 25.9 Å². The van der Waals surface area contributed by atoms with Gasteiger partial charge in [-0.1, -0.05) is 22.0 Å². The first kappa shape index (κ1) is 16.5. The van der Waals surface area contributed by atoms with Crippen LogP contribution in [-0.2, 0) is 12.7 Å². The van der Waals surface area contributed by atoms with Crippen LogP contribution >= 0.6 is 15.9 Å². The predicted octanol–water partition coefficient (Wildman–Crippen LogP) is 3.51. The lowest BCUT2D eigenvalue weighted by Gasteiger charge is -2.20. The number of halogens is 4. The van der Waals surface area contributed by atoms with Gasteiger partial charge >= 0.3 is 6.18 Å². The Morgan fingerprint density at radius 3 is 2.47 bits per heavy atom. The highest BCUT2D eigenvalue weighted by Crippen LogP contribution is 2.33. The lowest BCUT2D eigenvalue weighted by molar-refractivity contribution is -0.138. The fraction of sp³-hybridized carbons (Fsp3) is 0.538. The highest BCUT2D eigenvalue weighted by atomic mass is 79.9. The summed E-state index contributed by atoms with van der Waals surface area (Å²) < 4.78 is 39.2. The van der Waals surface area contributed by atoms with Crippen molar-refractivity contribution in [3.8, 4) is 0 Å². The SMILES string of the molecule is CC(CN(C)C)NCc1ccc(Br)cc1C(F)(F)F. The number of hydrogen-bond donors (Lipinski definition) is 1. The molecule has 1 unspecified atom stereocenters. The van der Waals surface area contributed by atoms with Gasteiger partial charge < -0.3 is 10.2 Å². The first-order valence-corrected chi connectivity index (χ1v) is 6.73. The molecule has 1 atom stereocenters. The fourth-order valence-electron chi connectivity index (χ4n) is 1.86. The van der Waals surface area contributed by atoms with Crippen molar-refractivity contribution >= 4 is 15.9 Å². The summed E-state index contributed by atoms with van der Waals surface area (Å²) in [5, 5.41) is 3.11. The molecule has 2 nitrogen and oxygen atoms in total. The van der Waals surface area contributed by atoms with Crippen LogP contribution in [0.1, 0.15) is 18.1 Å². The molecule has 0 saturated heterocycles. The number of nitrogens with one attached hydrogen (secondary N) is 1. The quantitative estimate of drug-likeness (QED) is 0.883. The van der Waals surface area contributed by atoms with Gasteiger partial charge in [-0.3, -0.25) is 0 Å². The summed E-state index contributed by atoms with van der Waals surface area (Å²) in [7, 11) is 3.86. The molecule has 108 valence electrons. The molecule has 0 saturated carbocycles. The molecule has 0 aliphatic heterocycles. The molecule has 1 aromatic carbocycles. The molecule has 6 heteroatoms. The van der Waals surface area contributed by atoms with E-state index in [0.717, 1.165) is 12.6 Å². The van der Waals surface area contributed by atoms with Crippen LogP contribution in [0.2, 0.25) is 0 Å². The van der Waals surface area contributed by atoms with E-state index in [9.17, 15) is 13.2 Å². The van der Waals surface area contributed by atoms with E-state index in [2.05, 4.69) is 21.2 Å². The van der Waals surface area contributed by atoms with E-state index < -0.39 is 11.7 Å². The minimum absolute atomic E-state index is 0.125. The third-order valence-corrected chi connectivity index (χ3v) is 3.15. The number of benzene rings is 1. The maximum absolute atomic E-state index is 12.9. The van der Waals surface area contributed by atoms with Crippen molar-refractivity contribution in [1.29, 1.82) is 0 Å². The molecule has 1 rings (SSSR count). The summed E-state index contributed by atoms with van der Waals surface area (Å²) in [4.78, 5) is 1.99. The molecule has 0 heterocycles. The Kier molecular flexibility index (Phi) is 5.82. The predicted molar refractivity (Wildman–Crippen MR) is 74.0 cm³/mol. The zero-order valence-corrected chi connectivity index (χ0v) is 12.8. The van der Waals surface area contributed by atoms with Gasteiger partial charge in [-0.25, -0.2) is 0 Å². The number of rotatable bonds is 5. The van der Waals surface area contributed by atoms with Crippen molar-refractivity contribution in [2.75, 3.05) is 20.6 Å². The molecule has 0 aliphatic rings. The second-order valence-electron chi connectivity index (χ2n) is 4.84. The summed E-state index contributed by atoms with van der Waals surface area (Å²) >= 11 is 3.07. The van der Waals surface area contributed by atoms with Crippen LogP contribution in [0.25, 0.3) is 0 Å². The second kappa shape index (κ2) is 6.72. The molecule has 19 heavy (non-hydrogen) atoms. The Hall–Kier alpha value is -0.590. The summed E-state index contributed by atoms with van der Waals surface area (Å²) in [6.45, 7) is 2.93. The number of alkyl halides is 3. The van der Waals surface area contributed by atoms with Gasteiger partial charge in [0.1, 0.15) is 0 Å². The summed E-state index contributed by atoms with van der Waals surface area (Å²) in [5.41, 5.74) is -0.326. The van der Waals surface area contributed by atoms with Gasteiger partial charge in [0.05, 0.1) is 5.56 Å². The Bertz CT molecular complexity index is 419. The average molecular weight is 339 g/mol. The van der Waals surface area contributed by atoms with Crippen molar-refractivity contribution in [3.05, 3.63) is 33.8 Å². The molecule has 0 bridgehead atoms. The fourth-order valence-corrected chi connectivity index (χ4v) is 2.22. The standard InChI is InChI=1S/C13H18BrF3N2/c1-9(8-19(2)3)18-7-10-4-5-11(14)6-12(10)13(15,16)17/h4-6,9,18H,7-8H2,1-3H3. The van der Waals surface area contributed by atoms with Gasteiger partial charge in [-0.05, 0) is 38.7 Å². The molecule has 0 spiro atoms. The van der Waals surface area contributed by atoms with Gasteiger partial charge in [-0.15, -0.1) is 0 Å². The minimum atomic E-state index is -4.33. The third kappa shape index (κ3) is 5.50. The molecule has 0 amide bonds. The molecule has 1 aromatic rings. The van der Waals surface area contributed by atoms with Gasteiger partial charge in [0, 0.05) is 23.6 Å². The molecular weight excluding hydrogens is 321 g/mol. The molecule has 0 fully saturated rings. The molecular formula is C13H18BrF3N2. The summed E-state index contributed by atoms with van der Waals surface area (Å²) in [6, 6.07) is 4.37. The molecule has 0 aromatic heterocycles. The van der Waals surface area contributed by atoms with Crippen LogP contribution in [0.3, 0.4) is 0 Å². The van der Waals surface area contributed by atoms with Crippen molar-refractivity contribution in [2.24, 2.45) is 0 Å². The van der Waals surface area contributed by atoms with Gasteiger partial charge in [-0.2, -0.15) is 13.2 Å². The Morgan fingerprint density at radius 2 is 1.95 bits per heavy atom. The Labute approximate surface area is 120 Å². The maximum atomic E-state index is 12.9. The Balaban J connectivity index is 2.78. The van der Waals surface area contributed by atoms with Crippen LogP contribution in [0.5, 0.6) is 0 Å². The topological polar surface area (TPSA) is 15.3 Å². The van der Waals surface area contributed by atoms with Crippen LogP contribution < -0.4 is 5.32 Å². The maximum Gasteiger partial charge on any atom is 0.416 e. The zero-order chi connectivity index (χ0) is 14.6. The van der Waals surface area contributed by atoms with Gasteiger partial charge in [0.2, 0.25) is 0 Å². The number of nitrogens with zero attached hydrogens (tertiary/aromatic N) is 1. The van der Waals surface area contributed by atoms with Crippen LogP contribution in [0, 0.1) is 0 Å². The first-order chi connectivity index (χ1) is 8.70. The lowest BCUT2D eigenvalue weighted by Crippen LogP contribution is -2.35. The molecule has 0 aliphatic carbocycles. The molecule has 0 radical (unpaired) electrons. The lowest BCUT2D eigenvalue weighted by atomic mass is 10.1. The second-order valence-corrected chi connectivity index (χ2v) is 5.76. The monoisotopic (exact) mass is 338 g/mol. The first-order valence-electron chi connectivity index (χ1n) is 5.94. The average Bonchev–Trinajstić information content (AvgIpc) is 2.25. The minimum Gasteiger partial charge on any atom is -0.309 e. The van der Waals surface area contributed by atoms with Crippen molar-refractivity contribution in [2.45, 2.75) is 25.7 Å². The van der Waals surface area contributed by atoms with Gasteiger partial charge in [0.15, 0.2) is 0 Å². The Morgan fingerprint density at radius 1 is 1.32 bits per heavy atom. The van der Waals surface area contributed by atoms with E-state index in [1.165, 1.54) is 6.07 Å². The normalized spacial score (nSPS) is 13.9. The van der Waals surface area contributed by atoms with Crippen LogP contribution in [-0.4, -0.2) is 31.6 Å². The largest absolute Gasteiger partial charge is 0.416 e. The van der Waals surface area contributed by atoms with E-state index >= 15 is 0 Å². The van der Waals surface area contributed by atoms with E-state index in [0.29, 0.717) is 4.47 Å². The highest BCUT2D eigenvalue weighted by Gasteiger charge is 2.33. The molecule has 1 N–H and O–H groups in total. The highest BCUT2D eigenvalue weighted by molar-refractivity contribution is 9.10. The number of likely N-dealkylation sites (N-methyl/N-ethyl adjacent to an activating group) is 1. The van der Waals surface area contributed by atoms with Gasteiger partial charge in [0.25, 0.3) is 0 Å². The summed E-state index contributed by atoms with van der Waals surface area (Å²) in [6.07, 6.45) is -4.33. The van der Waals surface area contributed by atoms with E-state index in [-0.39, 0.29) is 18.2 Å². The van der Waals surface area contributed by atoms with E-state index in [1.54, 1.807) is 6.07 Å². The third-order valence-electron chi connectivity index (χ3n) is 2.66. The van der Waals surface area contributed by atoms with Crippen LogP contribution in [0.15, 0.2) is 22.7 Å². The van der Waals surface area contributed by atoms with Crippen molar-refractivity contribution < 1.29 is 13.2 Å². The van der Waals surface area contributed by atoms with Crippen molar-refractivity contribution in [1.82, 2.24) is 10.2 Å². The number of hydrogen-bond acceptors (Lipinski definition) is 2. The smallest absolute Gasteiger partial charge is 0.309 e. The van der Waals surface area contributed by atoms with Crippen molar-refractivity contribution in [3.63, 3.8) is 0 Å². The summed E-state index contributed by atoms with van der Waals surface area (Å²) in [5.74, 6) is 0. The zero-order valence-electron chi connectivity index (χ0n) is 11.2. The van der Waals surface area contributed by atoms with Crippen LogP contribution in [0.4, 0.5) is 13.2 Å². The van der Waals surface area contributed by atoms with E-state index in [4.69, 9.17) is 0 Å².